The second kappa shape index (κ2) is 5.83. The first-order valence-corrected chi connectivity index (χ1v) is 6.03. The third-order valence-electron chi connectivity index (χ3n) is 2.73. The number of amides is 1. The lowest BCUT2D eigenvalue weighted by Crippen LogP contribution is -2.25. The lowest BCUT2D eigenvalue weighted by molar-refractivity contribution is 0.0949. The third-order valence-corrected chi connectivity index (χ3v) is 2.73. The SMILES string of the molecule is N#CCCCNC(=O)c1cc(N)c2ccccc2n1. The maximum atomic E-state index is 11.9. The molecule has 5 heteroatoms. The first kappa shape index (κ1) is 12.8. The monoisotopic (exact) mass is 254 g/mol. The van der Waals surface area contributed by atoms with Crippen LogP contribution in [0.1, 0.15) is 23.3 Å². The molecule has 0 unspecified atom stereocenters. The highest BCUT2D eigenvalue weighted by atomic mass is 16.1. The molecule has 1 heterocycles. The topological polar surface area (TPSA) is 91.8 Å². The molecule has 1 amide bonds. The Hall–Kier alpha value is -2.61. The number of hydrogen-bond acceptors (Lipinski definition) is 4. The number of fused-ring (bicyclic) bond motifs is 1. The molecule has 0 saturated carbocycles. The number of hydrogen-bond donors (Lipinski definition) is 2. The van der Waals surface area contributed by atoms with Gasteiger partial charge in [0.15, 0.2) is 0 Å². The van der Waals surface area contributed by atoms with Crippen LogP contribution < -0.4 is 11.1 Å². The van der Waals surface area contributed by atoms with Gasteiger partial charge in [0.25, 0.3) is 5.91 Å². The number of nitrogens with zero attached hydrogens (tertiary/aromatic N) is 2. The van der Waals surface area contributed by atoms with Gasteiger partial charge < -0.3 is 11.1 Å². The first-order valence-electron chi connectivity index (χ1n) is 6.03. The number of para-hydroxylation sites is 1. The maximum Gasteiger partial charge on any atom is 0.269 e. The second-order valence-electron chi connectivity index (χ2n) is 4.13. The molecule has 1 aromatic carbocycles. The van der Waals surface area contributed by atoms with E-state index >= 15 is 0 Å². The number of aromatic nitrogens is 1. The van der Waals surface area contributed by atoms with Crippen LogP contribution in [0.25, 0.3) is 10.9 Å². The molecular weight excluding hydrogens is 240 g/mol. The molecule has 1 aromatic heterocycles. The fraction of sp³-hybridized carbons (Fsp3) is 0.214. The average molecular weight is 254 g/mol. The molecule has 2 aromatic rings. The zero-order chi connectivity index (χ0) is 13.7. The van der Waals surface area contributed by atoms with E-state index in [9.17, 15) is 4.79 Å². The van der Waals surface area contributed by atoms with Crippen molar-refractivity contribution in [3.05, 3.63) is 36.0 Å². The predicted octanol–water partition coefficient (Wildman–Crippen LogP) is 1.85. The molecule has 0 bridgehead atoms. The smallest absolute Gasteiger partial charge is 0.269 e. The van der Waals surface area contributed by atoms with Crippen molar-refractivity contribution >= 4 is 22.5 Å². The van der Waals surface area contributed by atoms with Crippen LogP contribution in [0.15, 0.2) is 30.3 Å². The summed E-state index contributed by atoms with van der Waals surface area (Å²) in [6, 6.07) is 11.0. The molecule has 0 radical (unpaired) electrons. The van der Waals surface area contributed by atoms with Gasteiger partial charge in [0.05, 0.1) is 11.6 Å². The molecule has 0 aliphatic heterocycles. The molecular formula is C14H14N4O. The minimum atomic E-state index is -0.268. The normalized spacial score (nSPS) is 10.1. The summed E-state index contributed by atoms with van der Waals surface area (Å²) in [6.45, 7) is 0.459. The van der Waals surface area contributed by atoms with E-state index < -0.39 is 0 Å². The maximum absolute atomic E-state index is 11.9. The van der Waals surface area contributed by atoms with E-state index in [1.807, 2.05) is 30.3 Å². The fourth-order valence-electron chi connectivity index (χ4n) is 1.78. The van der Waals surface area contributed by atoms with Gasteiger partial charge in [0.1, 0.15) is 5.69 Å². The number of carbonyl (C=O) groups is 1. The minimum absolute atomic E-state index is 0.268. The van der Waals surface area contributed by atoms with Crippen LogP contribution >= 0.6 is 0 Å². The molecule has 5 nitrogen and oxygen atoms in total. The summed E-state index contributed by atoms with van der Waals surface area (Å²) in [4.78, 5) is 16.2. The summed E-state index contributed by atoms with van der Waals surface area (Å²) >= 11 is 0. The van der Waals surface area contributed by atoms with Crippen molar-refractivity contribution in [1.82, 2.24) is 10.3 Å². The highest BCUT2D eigenvalue weighted by Gasteiger charge is 2.09. The summed E-state index contributed by atoms with van der Waals surface area (Å²) in [5, 5.41) is 12.0. The summed E-state index contributed by atoms with van der Waals surface area (Å²) in [5.41, 5.74) is 7.44. The number of nitrogen functional groups attached to an aromatic ring is 1. The van der Waals surface area contributed by atoms with Gasteiger partial charge >= 0.3 is 0 Å². The van der Waals surface area contributed by atoms with E-state index in [4.69, 9.17) is 11.0 Å². The zero-order valence-corrected chi connectivity index (χ0v) is 10.4. The number of carbonyl (C=O) groups excluding carboxylic acids is 1. The van der Waals surface area contributed by atoms with Gasteiger partial charge in [-0.1, -0.05) is 18.2 Å². The second-order valence-corrected chi connectivity index (χ2v) is 4.13. The van der Waals surface area contributed by atoms with Crippen LogP contribution in [0.3, 0.4) is 0 Å². The van der Waals surface area contributed by atoms with E-state index in [1.54, 1.807) is 6.07 Å². The lowest BCUT2D eigenvalue weighted by atomic mass is 10.1. The van der Waals surface area contributed by atoms with Gasteiger partial charge in [0.2, 0.25) is 0 Å². The number of anilines is 1. The van der Waals surface area contributed by atoms with Gasteiger partial charge in [-0.15, -0.1) is 0 Å². The lowest BCUT2D eigenvalue weighted by Gasteiger charge is -2.06. The summed E-state index contributed by atoms with van der Waals surface area (Å²) in [5.74, 6) is -0.268. The number of unbranched alkanes of at least 4 members (excludes halogenated alkanes) is 1. The van der Waals surface area contributed by atoms with Crippen molar-refractivity contribution in [3.63, 3.8) is 0 Å². The Labute approximate surface area is 111 Å². The van der Waals surface area contributed by atoms with E-state index in [-0.39, 0.29) is 5.91 Å². The van der Waals surface area contributed by atoms with E-state index in [0.29, 0.717) is 36.3 Å². The van der Waals surface area contributed by atoms with Crippen molar-refractivity contribution in [3.8, 4) is 6.07 Å². The van der Waals surface area contributed by atoms with Crippen LogP contribution in [0.4, 0.5) is 5.69 Å². The molecule has 0 aliphatic carbocycles. The fourth-order valence-corrected chi connectivity index (χ4v) is 1.78. The molecule has 96 valence electrons. The van der Waals surface area contributed by atoms with E-state index in [2.05, 4.69) is 10.3 Å². The quantitative estimate of drug-likeness (QED) is 0.814. The third kappa shape index (κ3) is 2.99. The zero-order valence-electron chi connectivity index (χ0n) is 10.4. The molecule has 0 spiro atoms. The minimum Gasteiger partial charge on any atom is -0.398 e. The standard InChI is InChI=1S/C14H14N4O/c15-7-3-4-8-17-14(19)13-9-11(16)10-5-1-2-6-12(10)18-13/h1-2,5-6,9H,3-4,8H2,(H2,16,18)(H,17,19). The van der Waals surface area contributed by atoms with Crippen molar-refractivity contribution < 1.29 is 4.79 Å². The van der Waals surface area contributed by atoms with Crippen molar-refractivity contribution in [1.29, 1.82) is 5.26 Å². The predicted molar refractivity (Wildman–Crippen MR) is 73.3 cm³/mol. The van der Waals surface area contributed by atoms with Gasteiger partial charge in [-0.05, 0) is 18.6 Å². The largest absolute Gasteiger partial charge is 0.398 e. The van der Waals surface area contributed by atoms with E-state index in [0.717, 1.165) is 5.39 Å². The molecule has 3 N–H and O–H groups in total. The Morgan fingerprint density at radius 1 is 1.42 bits per heavy atom. The van der Waals surface area contributed by atoms with Crippen LogP contribution in [-0.4, -0.2) is 17.4 Å². The Morgan fingerprint density at radius 2 is 2.21 bits per heavy atom. The number of nitrogens with two attached hydrogens (primary N) is 1. The molecule has 2 rings (SSSR count). The number of nitriles is 1. The van der Waals surface area contributed by atoms with Crippen molar-refractivity contribution in [2.24, 2.45) is 0 Å². The van der Waals surface area contributed by atoms with Gasteiger partial charge in [0, 0.05) is 24.0 Å². The van der Waals surface area contributed by atoms with Crippen LogP contribution in [0.5, 0.6) is 0 Å². The first-order chi connectivity index (χ1) is 9.22. The Bertz CT molecular complexity index is 645. The number of pyridine rings is 1. The van der Waals surface area contributed by atoms with Crippen LogP contribution in [0, 0.1) is 11.3 Å². The van der Waals surface area contributed by atoms with Crippen molar-refractivity contribution in [2.75, 3.05) is 12.3 Å². The van der Waals surface area contributed by atoms with Crippen molar-refractivity contribution in [2.45, 2.75) is 12.8 Å². The average Bonchev–Trinajstić information content (AvgIpc) is 2.43. The summed E-state index contributed by atoms with van der Waals surface area (Å²) in [6.07, 6.45) is 1.05. The Kier molecular flexibility index (Phi) is 3.94. The van der Waals surface area contributed by atoms with Gasteiger partial charge in [-0.2, -0.15) is 5.26 Å². The van der Waals surface area contributed by atoms with Crippen LogP contribution in [0.2, 0.25) is 0 Å². The van der Waals surface area contributed by atoms with Gasteiger partial charge in [-0.25, -0.2) is 4.98 Å². The number of rotatable bonds is 4. The molecule has 0 atom stereocenters. The molecule has 0 fully saturated rings. The summed E-state index contributed by atoms with van der Waals surface area (Å²) < 4.78 is 0. The van der Waals surface area contributed by atoms with Gasteiger partial charge in [-0.3, -0.25) is 4.79 Å². The number of nitrogens with one attached hydrogen (secondary N) is 1. The highest BCUT2D eigenvalue weighted by Crippen LogP contribution is 2.19. The molecule has 0 aliphatic rings. The van der Waals surface area contributed by atoms with E-state index in [1.165, 1.54) is 0 Å². The summed E-state index contributed by atoms with van der Waals surface area (Å²) in [7, 11) is 0. The molecule has 0 saturated heterocycles. The number of benzene rings is 1. The Morgan fingerprint density at radius 3 is 3.00 bits per heavy atom. The Balaban J connectivity index is 2.16. The van der Waals surface area contributed by atoms with Crippen LogP contribution in [-0.2, 0) is 0 Å². The highest BCUT2D eigenvalue weighted by molar-refractivity contribution is 5.99. The molecule has 19 heavy (non-hydrogen) atoms.